The smallest absolute Gasteiger partial charge is 0.179 e. The molecule has 0 bridgehead atoms. The summed E-state index contributed by atoms with van der Waals surface area (Å²) in [5.74, 6) is 0. The molecule has 2 nitrogen and oxygen atoms in total. The fourth-order valence-corrected chi connectivity index (χ4v) is 0.295. The Bertz CT molecular complexity index is 19.2. The van der Waals surface area contributed by atoms with Crippen LogP contribution in [-0.4, -0.2) is 20.9 Å². The molecule has 0 unspecified atom stereocenters. The molecule has 5 heavy (non-hydrogen) atoms. The van der Waals surface area contributed by atoms with Crippen molar-refractivity contribution in [3.05, 3.63) is 0 Å². The van der Waals surface area contributed by atoms with E-state index in [0.29, 0.717) is 0 Å². The first-order chi connectivity index (χ1) is 2.50. The van der Waals surface area contributed by atoms with Gasteiger partial charge in [-0.25, -0.2) is 0 Å². The molecule has 0 saturated carbocycles. The van der Waals surface area contributed by atoms with Gasteiger partial charge in [0.25, 0.3) is 0 Å². The van der Waals surface area contributed by atoms with Crippen LogP contribution in [0.1, 0.15) is 0 Å². The van der Waals surface area contributed by atoms with Gasteiger partial charge < -0.3 is 5.34 Å². The Balaban J connectivity index is 2.08. The summed E-state index contributed by atoms with van der Waals surface area (Å²) < 4.78 is 0. The minimum absolute atomic E-state index is 0.958. The molecule has 1 fully saturated rings. The highest BCUT2D eigenvalue weighted by Gasteiger charge is 1.96. The summed E-state index contributed by atoms with van der Waals surface area (Å²) in [4.78, 5) is 0. The second kappa shape index (κ2) is 1.48. The minimum atomic E-state index is 0.958. The molecular formula is CH4B2N2. The lowest BCUT2D eigenvalue weighted by Crippen LogP contribution is -2.23. The number of rotatable bonds is 0. The highest BCUT2D eigenvalue weighted by molar-refractivity contribution is 7.00. The summed E-state index contributed by atoms with van der Waals surface area (Å²) in [6.45, 7) is 0. The van der Waals surface area contributed by atoms with Gasteiger partial charge in [-0.15, -0.1) is 0 Å². The summed E-state index contributed by atoms with van der Waals surface area (Å²) in [6, 6.07) is 0. The summed E-state index contributed by atoms with van der Waals surface area (Å²) in [5, 5.41) is 2.79. The molecule has 0 aromatic carbocycles. The third-order valence-corrected chi connectivity index (χ3v) is 0.523. The third-order valence-electron chi connectivity index (χ3n) is 0.523. The number of hydrazine groups is 1. The SMILES string of the molecule is [B]1[B]NNC1. The maximum atomic E-state index is 2.86. The van der Waals surface area contributed by atoms with Crippen molar-refractivity contribution in [2.75, 3.05) is 6.44 Å². The summed E-state index contributed by atoms with van der Waals surface area (Å²) in [5.41, 5.74) is 2.86. The summed E-state index contributed by atoms with van der Waals surface area (Å²) >= 11 is 0. The molecule has 1 aliphatic rings. The van der Waals surface area contributed by atoms with Crippen molar-refractivity contribution >= 4 is 14.5 Å². The molecule has 4 heteroatoms. The van der Waals surface area contributed by atoms with Gasteiger partial charge in [-0.2, -0.15) is 0 Å². The van der Waals surface area contributed by atoms with Crippen molar-refractivity contribution in [1.29, 1.82) is 0 Å². The lowest BCUT2D eigenvalue weighted by molar-refractivity contribution is 0.791. The monoisotopic (exact) mass is 66.1 g/mol. The van der Waals surface area contributed by atoms with Gasteiger partial charge in [0.15, 0.2) is 7.31 Å². The van der Waals surface area contributed by atoms with E-state index >= 15 is 0 Å². The van der Waals surface area contributed by atoms with E-state index in [1.54, 1.807) is 0 Å². The molecule has 24 valence electrons. The maximum absolute atomic E-state index is 2.86. The normalized spacial score (nSPS) is 20.8. The molecule has 0 amide bonds. The van der Waals surface area contributed by atoms with E-state index < -0.39 is 0 Å². The standard InChI is InChI=1S/CH4B2N2/c1-2-3-5-4-1/h4-5H,1H2. The predicted molar refractivity (Wildman–Crippen MR) is 22.6 cm³/mol. The molecule has 0 aromatic heterocycles. The van der Waals surface area contributed by atoms with Crippen LogP contribution >= 0.6 is 0 Å². The first kappa shape index (κ1) is 3.25. The second-order valence-corrected chi connectivity index (χ2v) is 0.928. The van der Waals surface area contributed by atoms with Crippen molar-refractivity contribution in [3.8, 4) is 0 Å². The molecule has 0 spiro atoms. The molecule has 2 N–H and O–H groups in total. The van der Waals surface area contributed by atoms with Gasteiger partial charge in [-0.1, -0.05) is 0 Å². The van der Waals surface area contributed by atoms with Crippen molar-refractivity contribution < 1.29 is 0 Å². The first-order valence-corrected chi connectivity index (χ1v) is 1.63. The van der Waals surface area contributed by atoms with Crippen LogP contribution in [0.4, 0.5) is 0 Å². The second-order valence-electron chi connectivity index (χ2n) is 0.928. The van der Waals surface area contributed by atoms with Crippen LogP contribution in [0.5, 0.6) is 0 Å². The largest absolute Gasteiger partial charge is 0.314 e. The zero-order chi connectivity index (χ0) is 3.54. The van der Waals surface area contributed by atoms with Crippen molar-refractivity contribution in [2.45, 2.75) is 0 Å². The quantitative estimate of drug-likeness (QED) is 0.329. The first-order valence-electron chi connectivity index (χ1n) is 1.63. The van der Waals surface area contributed by atoms with Crippen molar-refractivity contribution in [1.82, 2.24) is 10.8 Å². The molecule has 0 aliphatic carbocycles. The van der Waals surface area contributed by atoms with Gasteiger partial charge in [-0.3, -0.25) is 5.43 Å². The Morgan fingerprint density at radius 1 is 1.60 bits per heavy atom. The fraction of sp³-hybridized carbons (Fsp3) is 1.00. The topological polar surface area (TPSA) is 24.1 Å². The van der Waals surface area contributed by atoms with Gasteiger partial charge in [-0.05, 0) is 6.44 Å². The van der Waals surface area contributed by atoms with Crippen LogP contribution in [-0.2, 0) is 0 Å². The molecule has 0 aromatic rings. The Kier molecular flexibility index (Phi) is 0.960. The van der Waals surface area contributed by atoms with E-state index in [1.807, 2.05) is 14.5 Å². The lowest BCUT2D eigenvalue weighted by Gasteiger charge is -1.83. The summed E-state index contributed by atoms with van der Waals surface area (Å²) in [7, 11) is 3.89. The van der Waals surface area contributed by atoms with Gasteiger partial charge in [0.2, 0.25) is 0 Å². The van der Waals surface area contributed by atoms with Crippen molar-refractivity contribution in [2.24, 2.45) is 0 Å². The molecular weight excluding hydrogens is 61.6 g/mol. The predicted octanol–water partition coefficient (Wildman–Crippen LogP) is -1.71. The summed E-state index contributed by atoms with van der Waals surface area (Å²) in [6.07, 6.45) is 0.958. The average molecular weight is 65.7 g/mol. The molecule has 1 rings (SSSR count). The third kappa shape index (κ3) is 0.667. The molecule has 0 atom stereocenters. The van der Waals surface area contributed by atoms with Crippen LogP contribution in [0.2, 0.25) is 0 Å². The molecule has 1 heterocycles. The van der Waals surface area contributed by atoms with Crippen molar-refractivity contribution in [3.63, 3.8) is 0 Å². The zero-order valence-corrected chi connectivity index (χ0v) is 2.86. The van der Waals surface area contributed by atoms with E-state index in [1.165, 1.54) is 0 Å². The molecule has 1 saturated heterocycles. The minimum Gasteiger partial charge on any atom is -0.314 e. The maximum Gasteiger partial charge on any atom is 0.179 e. The van der Waals surface area contributed by atoms with Crippen LogP contribution in [0.25, 0.3) is 0 Å². The van der Waals surface area contributed by atoms with Crippen LogP contribution < -0.4 is 10.8 Å². The van der Waals surface area contributed by atoms with E-state index in [4.69, 9.17) is 0 Å². The van der Waals surface area contributed by atoms with Gasteiger partial charge in [0.1, 0.15) is 7.17 Å². The lowest BCUT2D eigenvalue weighted by atomic mass is 9.49. The average Bonchev–Trinajstić information content (AvgIpc) is 1.76. The number of hydrogen-bond acceptors (Lipinski definition) is 2. The Morgan fingerprint density at radius 3 is 2.80 bits per heavy atom. The van der Waals surface area contributed by atoms with E-state index in [2.05, 4.69) is 10.8 Å². The fourth-order valence-electron chi connectivity index (χ4n) is 0.295. The van der Waals surface area contributed by atoms with Gasteiger partial charge in [0.05, 0.1) is 0 Å². The highest BCUT2D eigenvalue weighted by Crippen LogP contribution is 1.55. The Morgan fingerprint density at radius 2 is 2.60 bits per heavy atom. The van der Waals surface area contributed by atoms with E-state index in [0.717, 1.165) is 6.44 Å². The van der Waals surface area contributed by atoms with Gasteiger partial charge >= 0.3 is 0 Å². The van der Waals surface area contributed by atoms with Crippen LogP contribution in [0.3, 0.4) is 0 Å². The zero-order valence-electron chi connectivity index (χ0n) is 2.86. The van der Waals surface area contributed by atoms with Crippen LogP contribution in [0, 0.1) is 0 Å². The Labute approximate surface area is 32.8 Å². The van der Waals surface area contributed by atoms with Crippen LogP contribution in [0.15, 0.2) is 0 Å². The number of hydrogen-bond donors (Lipinski definition) is 2. The molecule has 2 radical (unpaired) electrons. The van der Waals surface area contributed by atoms with E-state index in [-0.39, 0.29) is 0 Å². The highest BCUT2D eigenvalue weighted by atomic mass is 15.3. The van der Waals surface area contributed by atoms with E-state index in [9.17, 15) is 0 Å². The van der Waals surface area contributed by atoms with Gasteiger partial charge in [0, 0.05) is 0 Å². The Hall–Kier alpha value is 0.0499. The number of nitrogens with one attached hydrogen (secondary N) is 2. The molecule has 1 aliphatic heterocycles.